The number of para-hydroxylation sites is 1. The van der Waals surface area contributed by atoms with Gasteiger partial charge in [0.15, 0.2) is 5.69 Å². The number of ether oxygens (including phenoxy) is 1. The largest absolute Gasteiger partial charge is 0.493 e. The molecular weight excluding hydrogens is 330 g/mol. The molecule has 1 atom stereocenters. The number of piperidine rings is 1. The standard InChI is InChI=1S/C19H25N5O2/c1-13-18(22-23-24(13)15-6-9-20-10-7-15)19(25)21-12-14-8-11-26-17-5-3-2-4-16(14)17/h2-5,14-15,20H,6-12H2,1H3,(H,21,25). The molecule has 26 heavy (non-hydrogen) atoms. The summed E-state index contributed by atoms with van der Waals surface area (Å²) in [4.78, 5) is 12.6. The van der Waals surface area contributed by atoms with Crippen LogP contribution in [0, 0.1) is 6.92 Å². The van der Waals surface area contributed by atoms with Crippen LogP contribution >= 0.6 is 0 Å². The summed E-state index contributed by atoms with van der Waals surface area (Å²) >= 11 is 0. The lowest BCUT2D eigenvalue weighted by atomic mass is 9.93. The Kier molecular flexibility index (Phi) is 4.88. The van der Waals surface area contributed by atoms with E-state index >= 15 is 0 Å². The van der Waals surface area contributed by atoms with Gasteiger partial charge in [-0.25, -0.2) is 4.68 Å². The molecule has 2 aliphatic heterocycles. The molecule has 0 bridgehead atoms. The van der Waals surface area contributed by atoms with Crippen LogP contribution < -0.4 is 15.4 Å². The highest BCUT2D eigenvalue weighted by Gasteiger charge is 2.25. The summed E-state index contributed by atoms with van der Waals surface area (Å²) in [7, 11) is 0. The van der Waals surface area contributed by atoms with E-state index in [2.05, 4.69) is 27.0 Å². The van der Waals surface area contributed by atoms with Crippen molar-refractivity contribution in [3.8, 4) is 5.75 Å². The SMILES string of the molecule is Cc1c(C(=O)NCC2CCOc3ccccc32)nnn1C1CCNCC1. The summed E-state index contributed by atoms with van der Waals surface area (Å²) in [6, 6.07) is 8.37. The lowest BCUT2D eigenvalue weighted by Gasteiger charge is -2.26. The number of hydrogen-bond acceptors (Lipinski definition) is 5. The molecular formula is C19H25N5O2. The molecule has 7 nitrogen and oxygen atoms in total. The minimum absolute atomic E-state index is 0.147. The van der Waals surface area contributed by atoms with Crippen LogP contribution in [0.4, 0.5) is 0 Å². The zero-order valence-corrected chi connectivity index (χ0v) is 15.1. The molecule has 3 heterocycles. The summed E-state index contributed by atoms with van der Waals surface area (Å²) in [5.74, 6) is 1.04. The van der Waals surface area contributed by atoms with Crippen molar-refractivity contribution in [2.24, 2.45) is 0 Å². The van der Waals surface area contributed by atoms with E-state index in [0.717, 1.165) is 49.4 Å². The highest BCUT2D eigenvalue weighted by atomic mass is 16.5. The number of amides is 1. The van der Waals surface area contributed by atoms with Crippen molar-refractivity contribution in [2.75, 3.05) is 26.2 Å². The highest BCUT2D eigenvalue weighted by molar-refractivity contribution is 5.93. The van der Waals surface area contributed by atoms with Gasteiger partial charge < -0.3 is 15.4 Å². The second-order valence-corrected chi connectivity index (χ2v) is 7.03. The topological polar surface area (TPSA) is 81.1 Å². The third-order valence-electron chi connectivity index (χ3n) is 5.39. The summed E-state index contributed by atoms with van der Waals surface area (Å²) in [5, 5.41) is 14.8. The van der Waals surface area contributed by atoms with Crippen LogP contribution in [-0.4, -0.2) is 47.1 Å². The molecule has 0 spiro atoms. The van der Waals surface area contributed by atoms with Crippen LogP contribution in [0.1, 0.15) is 53.0 Å². The molecule has 2 N–H and O–H groups in total. The maximum Gasteiger partial charge on any atom is 0.273 e. The van der Waals surface area contributed by atoms with Gasteiger partial charge in [0.1, 0.15) is 5.75 Å². The first-order valence-corrected chi connectivity index (χ1v) is 9.36. The maximum absolute atomic E-state index is 12.6. The molecule has 138 valence electrons. The number of carbonyl (C=O) groups excluding carboxylic acids is 1. The van der Waals surface area contributed by atoms with Crippen molar-refractivity contribution >= 4 is 5.91 Å². The first-order chi connectivity index (χ1) is 12.7. The zero-order valence-electron chi connectivity index (χ0n) is 15.1. The van der Waals surface area contributed by atoms with Crippen molar-refractivity contribution in [3.05, 3.63) is 41.2 Å². The third-order valence-corrected chi connectivity index (χ3v) is 5.39. The molecule has 1 aromatic carbocycles. The van der Waals surface area contributed by atoms with Crippen LogP contribution in [0.25, 0.3) is 0 Å². The smallest absolute Gasteiger partial charge is 0.273 e. The predicted molar refractivity (Wildman–Crippen MR) is 97.5 cm³/mol. The average molecular weight is 355 g/mol. The normalized spacial score (nSPS) is 20.3. The van der Waals surface area contributed by atoms with Gasteiger partial charge in [0.05, 0.1) is 18.3 Å². The Morgan fingerprint density at radius 3 is 2.96 bits per heavy atom. The van der Waals surface area contributed by atoms with Crippen molar-refractivity contribution in [3.63, 3.8) is 0 Å². The Balaban J connectivity index is 1.42. The molecule has 2 aliphatic rings. The second-order valence-electron chi connectivity index (χ2n) is 7.03. The van der Waals surface area contributed by atoms with Crippen LogP contribution in [0.15, 0.2) is 24.3 Å². The molecule has 0 radical (unpaired) electrons. The maximum atomic E-state index is 12.6. The van der Waals surface area contributed by atoms with Crippen LogP contribution in [0.5, 0.6) is 5.75 Å². The number of carbonyl (C=O) groups is 1. The van der Waals surface area contributed by atoms with Crippen molar-refractivity contribution in [1.29, 1.82) is 0 Å². The molecule has 1 aromatic heterocycles. The van der Waals surface area contributed by atoms with Gasteiger partial charge in [-0.2, -0.15) is 0 Å². The minimum Gasteiger partial charge on any atom is -0.493 e. The van der Waals surface area contributed by atoms with E-state index in [1.54, 1.807) is 0 Å². The minimum atomic E-state index is -0.147. The summed E-state index contributed by atoms with van der Waals surface area (Å²) in [6.45, 7) is 5.16. The Labute approximate surface area is 153 Å². The van der Waals surface area contributed by atoms with Gasteiger partial charge in [-0.05, 0) is 50.9 Å². The fraction of sp³-hybridized carbons (Fsp3) is 0.526. The molecule has 0 saturated carbocycles. The first-order valence-electron chi connectivity index (χ1n) is 9.36. The van der Waals surface area contributed by atoms with Gasteiger partial charge in [-0.1, -0.05) is 23.4 Å². The Bertz CT molecular complexity index is 782. The predicted octanol–water partition coefficient (Wildman–Crippen LogP) is 1.81. The van der Waals surface area contributed by atoms with Gasteiger partial charge in [-0.15, -0.1) is 5.10 Å². The lowest BCUT2D eigenvalue weighted by Crippen LogP contribution is -2.32. The van der Waals surface area contributed by atoms with Crippen molar-refractivity contribution in [1.82, 2.24) is 25.6 Å². The van der Waals surface area contributed by atoms with Gasteiger partial charge in [0.25, 0.3) is 5.91 Å². The Morgan fingerprint density at radius 2 is 2.12 bits per heavy atom. The molecule has 1 saturated heterocycles. The molecule has 1 unspecified atom stereocenters. The fourth-order valence-electron chi connectivity index (χ4n) is 3.88. The molecule has 0 aliphatic carbocycles. The zero-order chi connectivity index (χ0) is 17.9. The number of nitrogens with zero attached hydrogens (tertiary/aromatic N) is 3. The van der Waals surface area contributed by atoms with E-state index in [0.29, 0.717) is 24.9 Å². The van der Waals surface area contributed by atoms with Crippen molar-refractivity contribution < 1.29 is 9.53 Å². The summed E-state index contributed by atoms with van der Waals surface area (Å²) in [6.07, 6.45) is 2.94. The van der Waals surface area contributed by atoms with E-state index in [1.165, 1.54) is 0 Å². The van der Waals surface area contributed by atoms with E-state index in [1.807, 2.05) is 29.8 Å². The third kappa shape index (κ3) is 3.31. The Hall–Kier alpha value is -2.41. The number of nitrogens with one attached hydrogen (secondary N) is 2. The lowest BCUT2D eigenvalue weighted by molar-refractivity contribution is 0.0942. The summed E-state index contributed by atoms with van der Waals surface area (Å²) in [5.41, 5.74) is 2.44. The van der Waals surface area contributed by atoms with Crippen LogP contribution in [0.2, 0.25) is 0 Å². The van der Waals surface area contributed by atoms with Gasteiger partial charge in [-0.3, -0.25) is 4.79 Å². The van der Waals surface area contributed by atoms with Gasteiger partial charge >= 0.3 is 0 Å². The summed E-state index contributed by atoms with van der Waals surface area (Å²) < 4.78 is 7.61. The van der Waals surface area contributed by atoms with Crippen LogP contribution in [-0.2, 0) is 0 Å². The number of hydrogen-bond donors (Lipinski definition) is 2. The number of benzene rings is 1. The Morgan fingerprint density at radius 1 is 1.31 bits per heavy atom. The van der Waals surface area contributed by atoms with Gasteiger partial charge in [0.2, 0.25) is 0 Å². The molecule has 1 amide bonds. The van der Waals surface area contributed by atoms with E-state index in [-0.39, 0.29) is 11.8 Å². The van der Waals surface area contributed by atoms with E-state index in [9.17, 15) is 4.79 Å². The fourth-order valence-corrected chi connectivity index (χ4v) is 3.88. The van der Waals surface area contributed by atoms with Crippen molar-refractivity contribution in [2.45, 2.75) is 38.1 Å². The first kappa shape index (κ1) is 17.0. The number of aromatic nitrogens is 3. The molecule has 1 fully saturated rings. The molecule has 4 rings (SSSR count). The monoisotopic (exact) mass is 355 g/mol. The van der Waals surface area contributed by atoms with E-state index in [4.69, 9.17) is 4.74 Å². The van der Waals surface area contributed by atoms with Crippen LogP contribution in [0.3, 0.4) is 0 Å². The number of rotatable bonds is 4. The van der Waals surface area contributed by atoms with Gasteiger partial charge in [0, 0.05) is 12.5 Å². The van der Waals surface area contributed by atoms with E-state index < -0.39 is 0 Å². The quantitative estimate of drug-likeness (QED) is 0.874. The molecule has 2 aromatic rings. The highest BCUT2D eigenvalue weighted by Crippen LogP contribution is 2.32. The second kappa shape index (κ2) is 7.45. The average Bonchev–Trinajstić information content (AvgIpc) is 3.08. The molecule has 7 heteroatoms. The number of fused-ring (bicyclic) bond motifs is 1.